The molecular formula is CoLiO8P2V+2. The maximum Gasteiger partial charge on any atom is 5.00 e. The van der Waals surface area contributed by atoms with Gasteiger partial charge in [-0.3, -0.25) is 0 Å². The zero-order chi connectivity index (χ0) is 9.00. The average Bonchev–Trinajstić information content (AvgIpc) is 1.12. The Kier molecular flexibility index (Phi) is 27.1. The summed E-state index contributed by atoms with van der Waals surface area (Å²) >= 11 is 0. The Morgan fingerprint density at radius 2 is 0.692 bits per heavy atom. The van der Waals surface area contributed by atoms with Gasteiger partial charge >= 0.3 is 54.2 Å². The van der Waals surface area contributed by atoms with Crippen LogP contribution in [0.25, 0.3) is 0 Å². The van der Waals surface area contributed by atoms with Gasteiger partial charge < -0.3 is 38.5 Å². The van der Waals surface area contributed by atoms with Gasteiger partial charge in [0, 0.05) is 0 Å². The Labute approximate surface area is 108 Å². The van der Waals surface area contributed by atoms with Crippen molar-refractivity contribution in [2.75, 3.05) is 0 Å². The van der Waals surface area contributed by atoms with Crippen molar-refractivity contribution in [3.63, 3.8) is 0 Å². The first-order valence-corrected chi connectivity index (χ1v) is 4.38. The minimum atomic E-state index is -5.39. The van der Waals surface area contributed by atoms with Gasteiger partial charge in [0.15, 0.2) is 0 Å². The second kappa shape index (κ2) is 12.0. The molecular weight excluding hydrogens is 307 g/mol. The van der Waals surface area contributed by atoms with E-state index in [2.05, 4.69) is 0 Å². The number of hydrogen-bond donors (Lipinski definition) is 0. The molecule has 0 spiro atoms. The van der Waals surface area contributed by atoms with Crippen molar-refractivity contribution in [3.8, 4) is 0 Å². The summed E-state index contributed by atoms with van der Waals surface area (Å²) in [7, 11) is -10.8. The van der Waals surface area contributed by atoms with Gasteiger partial charge in [-0.25, -0.2) is 0 Å². The first-order chi connectivity index (χ1) is 4.00. The minimum Gasteiger partial charge on any atom is -0.822 e. The molecule has 0 aliphatic carbocycles. The van der Waals surface area contributed by atoms with E-state index in [0.29, 0.717) is 0 Å². The third kappa shape index (κ3) is 542. The molecule has 0 atom stereocenters. The summed E-state index contributed by atoms with van der Waals surface area (Å²) in [6, 6.07) is 0. The predicted octanol–water partition coefficient (Wildman–Crippen LogP) is -8.65. The zero-order valence-corrected chi connectivity index (χ0v) is 10.2. The van der Waals surface area contributed by atoms with Crippen LogP contribution in [0.15, 0.2) is 0 Å². The van der Waals surface area contributed by atoms with E-state index in [1.807, 2.05) is 0 Å². The van der Waals surface area contributed by atoms with Gasteiger partial charge in [-0.2, -0.15) is 15.6 Å². The number of hydrogen-bond acceptors (Lipinski definition) is 8. The standard InChI is InChI=1S/Co.Li.2H3O4P.V/c;;2*1-5(2,3)4;/h;;2*(H3,1,2,3,4);/q+2;+1;;;+5/p-6. The maximum absolute atomic E-state index is 8.55. The Bertz CT molecular complexity index is 134. The topological polar surface area (TPSA) is 172 Å². The van der Waals surface area contributed by atoms with Crippen molar-refractivity contribution in [3.05, 3.63) is 0 Å². The van der Waals surface area contributed by atoms with Crippen molar-refractivity contribution in [1.82, 2.24) is 0 Å². The van der Waals surface area contributed by atoms with Gasteiger partial charge in [-0.15, -0.1) is 0 Å². The molecule has 71 valence electrons. The quantitative estimate of drug-likeness (QED) is 0.313. The van der Waals surface area contributed by atoms with Crippen LogP contribution in [0.1, 0.15) is 0 Å². The van der Waals surface area contributed by atoms with E-state index < -0.39 is 15.6 Å². The molecule has 0 fully saturated rings. The molecule has 1 radical (unpaired) electrons. The van der Waals surface area contributed by atoms with Crippen molar-refractivity contribution in [2.24, 2.45) is 0 Å². The summed E-state index contributed by atoms with van der Waals surface area (Å²) in [5, 5.41) is 0. The van der Waals surface area contributed by atoms with Crippen LogP contribution in [0.5, 0.6) is 0 Å². The van der Waals surface area contributed by atoms with Gasteiger partial charge in [-0.05, 0) is 0 Å². The van der Waals surface area contributed by atoms with E-state index in [0.717, 1.165) is 0 Å². The normalized spacial score (nSPS) is 9.08. The molecule has 0 bridgehead atoms. The number of rotatable bonds is 0. The number of phosphoric acid groups is 2. The van der Waals surface area contributed by atoms with Gasteiger partial charge in [0.1, 0.15) is 0 Å². The fourth-order valence-corrected chi connectivity index (χ4v) is 0. The molecule has 0 aromatic heterocycles. The smallest absolute Gasteiger partial charge is 0.822 e. The van der Waals surface area contributed by atoms with Crippen LogP contribution in [0.2, 0.25) is 0 Å². The second-order valence-corrected chi connectivity index (χ2v) is 2.68. The largest absolute Gasteiger partial charge is 5.00 e. The fraction of sp³-hybridized carbons (Fsp3) is 0. The van der Waals surface area contributed by atoms with Crippen molar-refractivity contribution in [1.29, 1.82) is 0 Å². The van der Waals surface area contributed by atoms with E-state index in [-0.39, 0.29) is 54.2 Å². The third-order valence-corrected chi connectivity index (χ3v) is 0. The Morgan fingerprint density at radius 1 is 0.692 bits per heavy atom. The molecule has 0 saturated carbocycles. The molecule has 13 heteroatoms. The molecule has 0 aliphatic rings. The molecule has 8 nitrogen and oxygen atoms in total. The molecule has 0 heterocycles. The van der Waals surface area contributed by atoms with E-state index in [9.17, 15) is 0 Å². The Hall–Kier alpha value is 1.91. The van der Waals surface area contributed by atoms with E-state index in [4.69, 9.17) is 38.5 Å². The molecule has 0 aliphatic heterocycles. The molecule has 0 unspecified atom stereocenters. The van der Waals surface area contributed by atoms with Crippen LogP contribution in [-0.4, -0.2) is 0 Å². The molecule has 13 heavy (non-hydrogen) atoms. The summed E-state index contributed by atoms with van der Waals surface area (Å²) < 4.78 is 17.1. The monoisotopic (exact) mass is 307 g/mol. The van der Waals surface area contributed by atoms with Crippen LogP contribution in [-0.2, 0) is 44.5 Å². The average molecular weight is 307 g/mol. The van der Waals surface area contributed by atoms with Gasteiger partial charge in [0.05, 0.1) is 0 Å². The van der Waals surface area contributed by atoms with Crippen LogP contribution < -0.4 is 48.2 Å². The molecule has 0 amide bonds. The van der Waals surface area contributed by atoms with Gasteiger partial charge in [0.25, 0.3) is 0 Å². The van der Waals surface area contributed by atoms with E-state index in [1.54, 1.807) is 0 Å². The van der Waals surface area contributed by atoms with Gasteiger partial charge in [-0.1, -0.05) is 0 Å². The van der Waals surface area contributed by atoms with Crippen molar-refractivity contribution >= 4 is 15.6 Å². The van der Waals surface area contributed by atoms with Crippen LogP contribution >= 0.6 is 15.6 Å². The molecule has 0 aromatic carbocycles. The molecule has 0 aromatic rings. The third-order valence-electron chi connectivity index (χ3n) is 0. The summed E-state index contributed by atoms with van der Waals surface area (Å²) in [6.45, 7) is 0. The maximum atomic E-state index is 8.55. The van der Waals surface area contributed by atoms with Crippen molar-refractivity contribution in [2.45, 2.75) is 0 Å². The van der Waals surface area contributed by atoms with Crippen LogP contribution in [0.3, 0.4) is 0 Å². The molecule has 0 N–H and O–H groups in total. The van der Waals surface area contributed by atoms with E-state index in [1.165, 1.54) is 0 Å². The Morgan fingerprint density at radius 3 is 0.692 bits per heavy atom. The second-order valence-electron chi connectivity index (χ2n) is 0.894. The summed E-state index contributed by atoms with van der Waals surface area (Å²) in [5.74, 6) is 0. The fourth-order valence-electron chi connectivity index (χ4n) is 0. The predicted molar refractivity (Wildman–Crippen MR) is 15.2 cm³/mol. The van der Waals surface area contributed by atoms with Crippen LogP contribution in [0.4, 0.5) is 0 Å². The Balaban J connectivity index is -0.0000000267. The van der Waals surface area contributed by atoms with Crippen molar-refractivity contribution < 1.29 is 92.7 Å². The van der Waals surface area contributed by atoms with Crippen LogP contribution in [0, 0.1) is 0 Å². The minimum absolute atomic E-state index is 0. The summed E-state index contributed by atoms with van der Waals surface area (Å²) in [4.78, 5) is 51.3. The summed E-state index contributed by atoms with van der Waals surface area (Å²) in [6.07, 6.45) is 0. The molecule has 0 rings (SSSR count). The zero-order valence-electron chi connectivity index (χ0n) is 5.94. The summed E-state index contributed by atoms with van der Waals surface area (Å²) in [5.41, 5.74) is 0. The van der Waals surface area contributed by atoms with Gasteiger partial charge in [0.2, 0.25) is 0 Å². The first-order valence-electron chi connectivity index (χ1n) is 1.46. The SMILES string of the molecule is O=P([O-])([O-])[O-].O=P([O-])([O-])[O-].[Co+2].[Li+].[V+5]. The first kappa shape index (κ1) is 29.4. The van der Waals surface area contributed by atoms with E-state index >= 15 is 0 Å². The molecule has 0 saturated heterocycles.